The van der Waals surface area contributed by atoms with Gasteiger partial charge in [-0.15, -0.1) is 0 Å². The van der Waals surface area contributed by atoms with Crippen molar-refractivity contribution in [2.45, 2.75) is 26.7 Å². The molecule has 0 aliphatic rings. The van der Waals surface area contributed by atoms with Crippen LogP contribution in [0.3, 0.4) is 0 Å². The van der Waals surface area contributed by atoms with Gasteiger partial charge in [-0.1, -0.05) is 50.2 Å². The zero-order chi connectivity index (χ0) is 17.6. The molecular weight excluding hydrogens is 300 g/mol. The van der Waals surface area contributed by atoms with Gasteiger partial charge in [0.15, 0.2) is 0 Å². The molecule has 0 aliphatic carbocycles. The van der Waals surface area contributed by atoms with Gasteiger partial charge in [0.05, 0.1) is 6.61 Å². The van der Waals surface area contributed by atoms with Crippen molar-refractivity contribution in [3.8, 4) is 5.75 Å². The van der Waals surface area contributed by atoms with Crippen molar-refractivity contribution < 1.29 is 9.53 Å². The zero-order valence-corrected chi connectivity index (χ0v) is 14.9. The minimum absolute atomic E-state index is 0.0517. The molecule has 2 aromatic carbocycles. The summed E-state index contributed by atoms with van der Waals surface area (Å²) < 4.78 is 5.88. The lowest BCUT2D eigenvalue weighted by atomic mass is 9.93. The maximum Gasteiger partial charge on any atom is 0.222 e. The Morgan fingerprint density at radius 3 is 2.62 bits per heavy atom. The van der Waals surface area contributed by atoms with Gasteiger partial charge < -0.3 is 15.4 Å². The molecule has 2 rings (SSSR count). The minimum atomic E-state index is -0.0517. The van der Waals surface area contributed by atoms with Crippen LogP contribution in [0.25, 0.3) is 10.8 Å². The maximum atomic E-state index is 12.2. The van der Waals surface area contributed by atoms with Crippen LogP contribution in [0.4, 0.5) is 0 Å². The van der Waals surface area contributed by atoms with Crippen LogP contribution in [-0.4, -0.2) is 37.6 Å². The predicted octanol–water partition coefficient (Wildman–Crippen LogP) is 3.44. The third-order valence-electron chi connectivity index (χ3n) is 4.19. The molecule has 0 heterocycles. The summed E-state index contributed by atoms with van der Waals surface area (Å²) in [5.41, 5.74) is 5.68. The van der Waals surface area contributed by atoms with E-state index in [1.165, 1.54) is 0 Å². The van der Waals surface area contributed by atoms with Gasteiger partial charge in [0.1, 0.15) is 5.75 Å². The van der Waals surface area contributed by atoms with E-state index in [0.29, 0.717) is 32.5 Å². The summed E-state index contributed by atoms with van der Waals surface area (Å²) in [6, 6.07) is 14.2. The van der Waals surface area contributed by atoms with Crippen molar-refractivity contribution in [3.63, 3.8) is 0 Å². The number of nitrogens with two attached hydrogens (primary N) is 1. The summed E-state index contributed by atoms with van der Waals surface area (Å²) in [6.45, 7) is 5.91. The highest BCUT2D eigenvalue weighted by Crippen LogP contribution is 2.25. The summed E-state index contributed by atoms with van der Waals surface area (Å²) >= 11 is 0. The van der Waals surface area contributed by atoms with E-state index in [9.17, 15) is 4.79 Å². The summed E-state index contributed by atoms with van der Waals surface area (Å²) in [5.74, 6) is 1.01. The number of rotatable bonds is 8. The molecule has 0 bridgehead atoms. The van der Waals surface area contributed by atoms with Gasteiger partial charge in [0, 0.05) is 25.4 Å². The van der Waals surface area contributed by atoms with Crippen LogP contribution in [0.5, 0.6) is 5.75 Å². The van der Waals surface area contributed by atoms with Gasteiger partial charge in [-0.2, -0.15) is 0 Å². The Balaban J connectivity index is 1.81. The van der Waals surface area contributed by atoms with E-state index < -0.39 is 0 Å². The number of hydrogen-bond donors (Lipinski definition) is 1. The Morgan fingerprint density at radius 2 is 1.88 bits per heavy atom. The zero-order valence-electron chi connectivity index (χ0n) is 14.9. The van der Waals surface area contributed by atoms with Gasteiger partial charge in [0.25, 0.3) is 0 Å². The number of fused-ring (bicyclic) bond motifs is 1. The highest BCUT2D eigenvalue weighted by Gasteiger charge is 2.20. The number of carbonyl (C=O) groups excluding carboxylic acids is 1. The average molecular weight is 328 g/mol. The van der Waals surface area contributed by atoms with E-state index >= 15 is 0 Å². The van der Waals surface area contributed by atoms with Gasteiger partial charge in [0.2, 0.25) is 5.91 Å². The second-order valence-corrected chi connectivity index (χ2v) is 7.05. The van der Waals surface area contributed by atoms with Gasteiger partial charge >= 0.3 is 0 Å². The molecule has 0 saturated carbocycles. The Bertz CT molecular complexity index is 677. The Hall–Kier alpha value is -2.07. The Kier molecular flexibility index (Phi) is 6.21. The first-order chi connectivity index (χ1) is 11.4. The molecule has 24 heavy (non-hydrogen) atoms. The topological polar surface area (TPSA) is 55.6 Å². The average Bonchev–Trinajstić information content (AvgIpc) is 2.58. The molecule has 2 N–H and O–H groups in total. The number of ether oxygens (including phenoxy) is 1. The first-order valence-electron chi connectivity index (χ1n) is 8.47. The molecule has 4 heteroatoms. The molecule has 130 valence electrons. The van der Waals surface area contributed by atoms with Crippen LogP contribution in [0.15, 0.2) is 42.5 Å². The van der Waals surface area contributed by atoms with E-state index in [4.69, 9.17) is 10.5 Å². The van der Waals surface area contributed by atoms with Gasteiger partial charge in [-0.3, -0.25) is 4.79 Å². The smallest absolute Gasteiger partial charge is 0.222 e. The van der Waals surface area contributed by atoms with E-state index in [1.807, 2.05) is 31.3 Å². The lowest BCUT2D eigenvalue weighted by Crippen LogP contribution is -2.39. The molecule has 0 saturated heterocycles. The number of nitrogens with zero attached hydrogens (tertiary/aromatic N) is 1. The van der Waals surface area contributed by atoms with Crippen molar-refractivity contribution >= 4 is 16.7 Å². The molecule has 0 aromatic heterocycles. The molecule has 0 fully saturated rings. The van der Waals surface area contributed by atoms with Crippen molar-refractivity contribution in [1.29, 1.82) is 0 Å². The lowest BCUT2D eigenvalue weighted by Gasteiger charge is -2.29. The van der Waals surface area contributed by atoms with Crippen LogP contribution < -0.4 is 10.5 Å². The number of hydrogen-bond acceptors (Lipinski definition) is 3. The van der Waals surface area contributed by atoms with Crippen LogP contribution in [0.1, 0.15) is 26.7 Å². The van der Waals surface area contributed by atoms with Crippen molar-refractivity contribution in [2.24, 2.45) is 11.1 Å². The summed E-state index contributed by atoms with van der Waals surface area (Å²) in [6.07, 6.45) is 1.19. The largest absolute Gasteiger partial charge is 0.493 e. The second kappa shape index (κ2) is 8.15. The van der Waals surface area contributed by atoms with E-state index in [-0.39, 0.29) is 11.3 Å². The highest BCUT2D eigenvalue weighted by molar-refractivity contribution is 5.88. The molecule has 0 spiro atoms. The molecule has 0 radical (unpaired) electrons. The van der Waals surface area contributed by atoms with Gasteiger partial charge in [-0.25, -0.2) is 0 Å². The third-order valence-corrected chi connectivity index (χ3v) is 4.19. The first kappa shape index (κ1) is 18.3. The van der Waals surface area contributed by atoms with E-state index in [0.717, 1.165) is 16.5 Å². The van der Waals surface area contributed by atoms with Crippen molar-refractivity contribution in [1.82, 2.24) is 4.90 Å². The third kappa shape index (κ3) is 4.96. The predicted molar refractivity (Wildman–Crippen MR) is 99.1 cm³/mol. The number of amides is 1. The molecule has 0 aliphatic heterocycles. The minimum Gasteiger partial charge on any atom is -0.493 e. The van der Waals surface area contributed by atoms with Crippen LogP contribution in [-0.2, 0) is 4.79 Å². The molecule has 1 amide bonds. The normalized spacial score (nSPS) is 11.5. The fourth-order valence-electron chi connectivity index (χ4n) is 2.71. The monoisotopic (exact) mass is 328 g/mol. The van der Waals surface area contributed by atoms with E-state index in [2.05, 4.69) is 32.0 Å². The number of carbonyl (C=O) groups is 1. The second-order valence-electron chi connectivity index (χ2n) is 7.05. The van der Waals surface area contributed by atoms with Crippen LogP contribution in [0, 0.1) is 5.41 Å². The van der Waals surface area contributed by atoms with Crippen molar-refractivity contribution in [2.75, 3.05) is 26.7 Å². The molecule has 2 aromatic rings. The Labute approximate surface area is 144 Å². The standard InChI is InChI=1S/C20H28N2O2/c1-20(2,14-21)15-22(3)19(23)12-7-13-24-18-11-6-9-16-8-4-5-10-17(16)18/h4-6,8-11H,7,12-15,21H2,1-3H3. The van der Waals surface area contributed by atoms with Crippen LogP contribution in [0.2, 0.25) is 0 Å². The highest BCUT2D eigenvalue weighted by atomic mass is 16.5. The quantitative estimate of drug-likeness (QED) is 0.755. The summed E-state index contributed by atoms with van der Waals surface area (Å²) in [5, 5.41) is 2.27. The summed E-state index contributed by atoms with van der Waals surface area (Å²) in [4.78, 5) is 14.0. The first-order valence-corrected chi connectivity index (χ1v) is 8.47. The number of benzene rings is 2. The molecule has 4 nitrogen and oxygen atoms in total. The summed E-state index contributed by atoms with van der Waals surface area (Å²) in [7, 11) is 1.84. The lowest BCUT2D eigenvalue weighted by molar-refractivity contribution is -0.131. The molecule has 0 atom stereocenters. The fraction of sp³-hybridized carbons (Fsp3) is 0.450. The molecule has 0 unspecified atom stereocenters. The SMILES string of the molecule is CN(CC(C)(C)CN)C(=O)CCCOc1cccc2ccccc12. The van der Waals surface area contributed by atoms with E-state index in [1.54, 1.807) is 4.90 Å². The fourth-order valence-corrected chi connectivity index (χ4v) is 2.71. The Morgan fingerprint density at radius 1 is 1.17 bits per heavy atom. The van der Waals surface area contributed by atoms with Gasteiger partial charge in [-0.05, 0) is 29.8 Å². The van der Waals surface area contributed by atoms with Crippen LogP contribution >= 0.6 is 0 Å². The maximum absolute atomic E-state index is 12.2. The van der Waals surface area contributed by atoms with Crippen molar-refractivity contribution in [3.05, 3.63) is 42.5 Å². The molecular formula is C20H28N2O2.